The number of nitrogens with one attached hydrogen (secondary N) is 1. The molecule has 1 aliphatic rings. The smallest absolute Gasteiger partial charge is 0.0995 e. The van der Waals surface area contributed by atoms with Gasteiger partial charge in [-0.25, -0.2) is 4.99 Å². The fourth-order valence-corrected chi connectivity index (χ4v) is 1.56. The molecule has 1 N–H and O–H groups in total. The highest BCUT2D eigenvalue weighted by molar-refractivity contribution is 5.85. The first-order valence-electron chi connectivity index (χ1n) is 4.18. The molecular weight excluding hydrogens is 148 g/mol. The molecule has 2 rings (SSSR count). The molecule has 0 amide bonds. The van der Waals surface area contributed by atoms with Crippen molar-refractivity contribution in [2.45, 2.75) is 19.9 Å². The van der Waals surface area contributed by atoms with Crippen LogP contribution in [0.5, 0.6) is 0 Å². The van der Waals surface area contributed by atoms with Gasteiger partial charge in [0.1, 0.15) is 0 Å². The summed E-state index contributed by atoms with van der Waals surface area (Å²) in [5, 5.41) is 3.29. The van der Waals surface area contributed by atoms with Crippen LogP contribution in [0.4, 0.5) is 5.69 Å². The van der Waals surface area contributed by atoms with E-state index in [4.69, 9.17) is 0 Å². The second-order valence-corrected chi connectivity index (χ2v) is 3.12. The molecule has 0 bridgehead atoms. The fraction of sp³-hybridized carbons (Fsp3) is 0.300. The van der Waals surface area contributed by atoms with Crippen molar-refractivity contribution in [2.24, 2.45) is 4.99 Å². The summed E-state index contributed by atoms with van der Waals surface area (Å²) in [6.45, 7) is 4.14. The zero-order valence-electron chi connectivity index (χ0n) is 7.33. The number of benzene rings is 1. The van der Waals surface area contributed by atoms with E-state index in [1.807, 2.05) is 19.1 Å². The Kier molecular flexibility index (Phi) is 1.61. The van der Waals surface area contributed by atoms with Gasteiger partial charge < -0.3 is 5.32 Å². The van der Waals surface area contributed by atoms with Gasteiger partial charge in [-0.15, -0.1) is 0 Å². The Balaban J connectivity index is 2.55. The average molecular weight is 160 g/mol. The van der Waals surface area contributed by atoms with E-state index < -0.39 is 0 Å². The van der Waals surface area contributed by atoms with Crippen LogP contribution in [-0.2, 0) is 0 Å². The summed E-state index contributed by atoms with van der Waals surface area (Å²) >= 11 is 0. The molecule has 2 nitrogen and oxygen atoms in total. The second kappa shape index (κ2) is 2.63. The molecule has 2 heteroatoms. The van der Waals surface area contributed by atoms with Crippen LogP contribution >= 0.6 is 0 Å². The van der Waals surface area contributed by atoms with Gasteiger partial charge in [0, 0.05) is 0 Å². The summed E-state index contributed by atoms with van der Waals surface area (Å²) < 4.78 is 0. The van der Waals surface area contributed by atoms with E-state index in [9.17, 15) is 0 Å². The van der Waals surface area contributed by atoms with Crippen LogP contribution in [0.1, 0.15) is 25.5 Å². The number of nitrogens with zero attached hydrogens (tertiary/aromatic N) is 1. The maximum absolute atomic E-state index is 4.40. The van der Waals surface area contributed by atoms with Crippen molar-refractivity contribution in [3.8, 4) is 0 Å². The molecule has 62 valence electrons. The number of aliphatic imine (C=N–C) groups is 1. The van der Waals surface area contributed by atoms with Crippen LogP contribution < -0.4 is 5.32 Å². The van der Waals surface area contributed by atoms with E-state index in [0.717, 1.165) is 11.5 Å². The highest BCUT2D eigenvalue weighted by Crippen LogP contribution is 2.28. The first-order chi connectivity index (χ1) is 5.77. The molecule has 0 spiro atoms. The third kappa shape index (κ3) is 1.09. The Morgan fingerprint density at radius 1 is 1.33 bits per heavy atom. The van der Waals surface area contributed by atoms with Crippen LogP contribution in [0.2, 0.25) is 0 Å². The first-order valence-corrected chi connectivity index (χ1v) is 4.18. The molecule has 1 unspecified atom stereocenters. The van der Waals surface area contributed by atoms with Crippen molar-refractivity contribution in [3.05, 3.63) is 29.8 Å². The quantitative estimate of drug-likeness (QED) is 0.619. The molecule has 0 saturated carbocycles. The SMILES string of the molecule is CC1=Nc2ccccc2C(C)N1. The van der Waals surface area contributed by atoms with Gasteiger partial charge in [0.05, 0.1) is 17.6 Å². The highest BCUT2D eigenvalue weighted by atomic mass is 15.0. The van der Waals surface area contributed by atoms with E-state index in [0.29, 0.717) is 6.04 Å². The minimum absolute atomic E-state index is 0.388. The van der Waals surface area contributed by atoms with Crippen molar-refractivity contribution in [1.82, 2.24) is 5.32 Å². The summed E-state index contributed by atoms with van der Waals surface area (Å²) in [4.78, 5) is 4.40. The largest absolute Gasteiger partial charge is 0.367 e. The normalized spacial score (nSPS) is 20.8. The Morgan fingerprint density at radius 2 is 2.08 bits per heavy atom. The molecule has 1 heterocycles. The summed E-state index contributed by atoms with van der Waals surface area (Å²) in [6.07, 6.45) is 0. The molecule has 0 saturated heterocycles. The monoisotopic (exact) mass is 160 g/mol. The van der Waals surface area contributed by atoms with Gasteiger partial charge in [-0.05, 0) is 25.5 Å². The molecule has 0 fully saturated rings. The summed E-state index contributed by atoms with van der Waals surface area (Å²) in [5.74, 6) is 1.00. The third-order valence-corrected chi connectivity index (χ3v) is 2.12. The van der Waals surface area contributed by atoms with E-state index >= 15 is 0 Å². The Morgan fingerprint density at radius 3 is 2.92 bits per heavy atom. The minimum atomic E-state index is 0.388. The molecule has 0 radical (unpaired) electrons. The van der Waals surface area contributed by atoms with Gasteiger partial charge in [-0.1, -0.05) is 18.2 Å². The molecule has 1 aromatic rings. The lowest BCUT2D eigenvalue weighted by molar-refractivity contribution is 0.703. The number of rotatable bonds is 0. The highest BCUT2D eigenvalue weighted by Gasteiger charge is 2.13. The topological polar surface area (TPSA) is 24.4 Å². The molecule has 1 atom stereocenters. The van der Waals surface area contributed by atoms with Gasteiger partial charge >= 0.3 is 0 Å². The summed E-state index contributed by atoms with van der Waals surface area (Å²) in [5.41, 5.74) is 2.38. The molecule has 0 aromatic heterocycles. The molecule has 0 aliphatic carbocycles. The first kappa shape index (κ1) is 7.35. The van der Waals surface area contributed by atoms with Gasteiger partial charge in [0.2, 0.25) is 0 Å². The fourth-order valence-electron chi connectivity index (χ4n) is 1.56. The van der Waals surface area contributed by atoms with Crippen LogP contribution in [0.3, 0.4) is 0 Å². The maximum Gasteiger partial charge on any atom is 0.0995 e. The molecular formula is C10H12N2. The number of hydrogen-bond donors (Lipinski definition) is 1. The Bertz CT molecular complexity index is 328. The van der Waals surface area contributed by atoms with E-state index in [-0.39, 0.29) is 0 Å². The number of fused-ring (bicyclic) bond motifs is 1. The summed E-state index contributed by atoms with van der Waals surface area (Å²) in [6, 6.07) is 8.62. The van der Waals surface area contributed by atoms with E-state index in [1.54, 1.807) is 0 Å². The standard InChI is InChI=1S/C10H12N2/c1-7-9-5-3-4-6-10(9)12-8(2)11-7/h3-7H,1-2H3,(H,11,12). The second-order valence-electron chi connectivity index (χ2n) is 3.12. The Labute approximate surface area is 72.3 Å². The lowest BCUT2D eigenvalue weighted by atomic mass is 10.0. The van der Waals surface area contributed by atoms with Gasteiger partial charge in [-0.3, -0.25) is 0 Å². The van der Waals surface area contributed by atoms with Crippen LogP contribution in [0.25, 0.3) is 0 Å². The van der Waals surface area contributed by atoms with E-state index in [1.165, 1.54) is 5.56 Å². The lowest BCUT2D eigenvalue weighted by Gasteiger charge is -2.21. The number of amidine groups is 1. The average Bonchev–Trinajstić information content (AvgIpc) is 2.04. The lowest BCUT2D eigenvalue weighted by Crippen LogP contribution is -2.26. The molecule has 12 heavy (non-hydrogen) atoms. The van der Waals surface area contributed by atoms with Crippen LogP contribution in [0, 0.1) is 0 Å². The maximum atomic E-state index is 4.40. The predicted molar refractivity (Wildman–Crippen MR) is 50.8 cm³/mol. The Hall–Kier alpha value is -1.31. The zero-order valence-corrected chi connectivity index (χ0v) is 7.33. The van der Waals surface area contributed by atoms with Crippen molar-refractivity contribution in [1.29, 1.82) is 0 Å². The minimum Gasteiger partial charge on any atom is -0.367 e. The molecule has 1 aromatic carbocycles. The third-order valence-electron chi connectivity index (χ3n) is 2.12. The van der Waals surface area contributed by atoms with Crippen molar-refractivity contribution < 1.29 is 0 Å². The van der Waals surface area contributed by atoms with Crippen molar-refractivity contribution in [2.75, 3.05) is 0 Å². The van der Waals surface area contributed by atoms with E-state index in [2.05, 4.69) is 29.4 Å². The number of hydrogen-bond acceptors (Lipinski definition) is 2. The number of para-hydroxylation sites is 1. The predicted octanol–water partition coefficient (Wildman–Crippen LogP) is 2.40. The molecule has 1 aliphatic heterocycles. The summed E-state index contributed by atoms with van der Waals surface area (Å²) in [7, 11) is 0. The van der Waals surface area contributed by atoms with Crippen LogP contribution in [-0.4, -0.2) is 5.84 Å². The van der Waals surface area contributed by atoms with Gasteiger partial charge in [-0.2, -0.15) is 0 Å². The van der Waals surface area contributed by atoms with Crippen LogP contribution in [0.15, 0.2) is 29.3 Å². The van der Waals surface area contributed by atoms with Crippen molar-refractivity contribution >= 4 is 11.5 Å². The van der Waals surface area contributed by atoms with Gasteiger partial charge in [0.25, 0.3) is 0 Å². The zero-order chi connectivity index (χ0) is 8.55. The van der Waals surface area contributed by atoms with Gasteiger partial charge in [0.15, 0.2) is 0 Å². The van der Waals surface area contributed by atoms with Crippen molar-refractivity contribution in [3.63, 3.8) is 0 Å².